The second kappa shape index (κ2) is 6.67. The second-order valence-electron chi connectivity index (χ2n) is 1.65. The molecule has 0 radical (unpaired) electrons. The van der Waals surface area contributed by atoms with Crippen molar-refractivity contribution < 1.29 is 9.53 Å². The van der Waals surface area contributed by atoms with Gasteiger partial charge in [-0.25, -0.2) is 4.79 Å². The molecule has 62 valence electrons. The van der Waals surface area contributed by atoms with Gasteiger partial charge in [-0.05, 0) is 6.20 Å². The maximum absolute atomic E-state index is 10.6. The van der Waals surface area contributed by atoms with Crippen molar-refractivity contribution in [1.82, 2.24) is 10.6 Å². The summed E-state index contributed by atoms with van der Waals surface area (Å²) in [6.07, 6.45) is 2.54. The third-order valence-electron chi connectivity index (χ3n) is 0.822. The first-order valence-corrected chi connectivity index (χ1v) is 3.17. The van der Waals surface area contributed by atoms with E-state index in [4.69, 9.17) is 0 Å². The Labute approximate surface area is 65.9 Å². The van der Waals surface area contributed by atoms with Gasteiger partial charge in [0.2, 0.25) is 0 Å². The van der Waals surface area contributed by atoms with Crippen LogP contribution in [0.15, 0.2) is 25.4 Å². The molecule has 4 nitrogen and oxygen atoms in total. The van der Waals surface area contributed by atoms with Gasteiger partial charge in [-0.1, -0.05) is 12.7 Å². The van der Waals surface area contributed by atoms with Crippen LogP contribution in [0.1, 0.15) is 0 Å². The third kappa shape index (κ3) is 6.44. The van der Waals surface area contributed by atoms with Crippen molar-refractivity contribution in [3.63, 3.8) is 0 Å². The van der Waals surface area contributed by atoms with E-state index in [-0.39, 0.29) is 6.73 Å². The average molecular weight is 156 g/mol. The molecule has 0 fully saturated rings. The maximum Gasteiger partial charge on any atom is 0.409 e. The molecule has 0 aliphatic rings. The van der Waals surface area contributed by atoms with Gasteiger partial charge < -0.3 is 15.4 Å². The van der Waals surface area contributed by atoms with E-state index in [2.05, 4.69) is 28.5 Å². The quantitative estimate of drug-likeness (QED) is 0.348. The van der Waals surface area contributed by atoms with Crippen LogP contribution in [0.4, 0.5) is 4.79 Å². The molecule has 0 spiro atoms. The van der Waals surface area contributed by atoms with E-state index in [0.29, 0.717) is 6.54 Å². The van der Waals surface area contributed by atoms with Crippen molar-refractivity contribution in [2.75, 3.05) is 13.3 Å². The number of amides is 1. The van der Waals surface area contributed by atoms with Crippen LogP contribution >= 0.6 is 0 Å². The highest BCUT2D eigenvalue weighted by Crippen LogP contribution is 1.73. The SMILES string of the molecule is C=CCNC(=O)OCNC=C. The molecule has 0 aromatic heterocycles. The summed E-state index contributed by atoms with van der Waals surface area (Å²) in [6, 6.07) is 0. The first-order valence-electron chi connectivity index (χ1n) is 3.17. The van der Waals surface area contributed by atoms with Gasteiger partial charge in [-0.2, -0.15) is 0 Å². The number of ether oxygens (including phenoxy) is 1. The monoisotopic (exact) mass is 156 g/mol. The summed E-state index contributed by atoms with van der Waals surface area (Å²) in [5, 5.41) is 5.05. The fraction of sp³-hybridized carbons (Fsp3) is 0.286. The molecule has 0 unspecified atom stereocenters. The number of rotatable bonds is 5. The Bertz CT molecular complexity index is 145. The standard InChI is InChI=1S/C7H12N2O2/c1-3-5-9-7(10)11-6-8-4-2/h3-4,8H,1-2,5-6H2,(H,9,10). The van der Waals surface area contributed by atoms with Crippen LogP contribution < -0.4 is 10.6 Å². The summed E-state index contributed by atoms with van der Waals surface area (Å²) in [4.78, 5) is 10.6. The van der Waals surface area contributed by atoms with E-state index in [1.165, 1.54) is 6.20 Å². The number of hydrogen-bond donors (Lipinski definition) is 2. The van der Waals surface area contributed by atoms with Crippen LogP contribution in [0.5, 0.6) is 0 Å². The molecule has 4 heteroatoms. The maximum atomic E-state index is 10.6. The van der Waals surface area contributed by atoms with Gasteiger partial charge in [0.1, 0.15) is 0 Å². The molecular formula is C7H12N2O2. The van der Waals surface area contributed by atoms with E-state index < -0.39 is 6.09 Å². The lowest BCUT2D eigenvalue weighted by Gasteiger charge is -2.03. The fourth-order valence-corrected chi connectivity index (χ4v) is 0.373. The van der Waals surface area contributed by atoms with Crippen molar-refractivity contribution in [1.29, 1.82) is 0 Å². The fourth-order valence-electron chi connectivity index (χ4n) is 0.373. The van der Waals surface area contributed by atoms with Crippen LogP contribution in [0, 0.1) is 0 Å². The predicted molar refractivity (Wildman–Crippen MR) is 42.9 cm³/mol. The molecule has 0 saturated heterocycles. The molecule has 11 heavy (non-hydrogen) atoms. The van der Waals surface area contributed by atoms with Crippen LogP contribution in [0.25, 0.3) is 0 Å². The van der Waals surface area contributed by atoms with Gasteiger partial charge in [0.25, 0.3) is 0 Å². The Morgan fingerprint density at radius 3 is 2.82 bits per heavy atom. The largest absolute Gasteiger partial charge is 0.428 e. The highest BCUT2D eigenvalue weighted by atomic mass is 16.6. The lowest BCUT2D eigenvalue weighted by atomic mass is 10.6. The minimum Gasteiger partial charge on any atom is -0.428 e. The molecule has 0 aromatic rings. The Kier molecular flexibility index (Phi) is 5.79. The molecule has 1 amide bonds. The van der Waals surface area contributed by atoms with E-state index in [0.717, 1.165) is 0 Å². The van der Waals surface area contributed by atoms with Crippen molar-refractivity contribution in [3.8, 4) is 0 Å². The summed E-state index contributed by atoms with van der Waals surface area (Å²) in [6.45, 7) is 7.35. The predicted octanol–water partition coefficient (Wildman–Crippen LogP) is 0.589. The zero-order valence-corrected chi connectivity index (χ0v) is 6.30. The van der Waals surface area contributed by atoms with Crippen LogP contribution in [-0.4, -0.2) is 19.4 Å². The van der Waals surface area contributed by atoms with Gasteiger partial charge >= 0.3 is 6.09 Å². The number of alkyl carbamates (subject to hydrolysis) is 1. The number of carbonyl (C=O) groups excluding carboxylic acids is 1. The number of nitrogens with one attached hydrogen (secondary N) is 2. The van der Waals surface area contributed by atoms with Crippen molar-refractivity contribution in [3.05, 3.63) is 25.4 Å². The molecule has 0 aliphatic heterocycles. The molecule has 0 saturated carbocycles. The third-order valence-corrected chi connectivity index (χ3v) is 0.822. The van der Waals surface area contributed by atoms with Crippen LogP contribution in [0.2, 0.25) is 0 Å². The van der Waals surface area contributed by atoms with E-state index in [1.54, 1.807) is 6.08 Å². The van der Waals surface area contributed by atoms with Gasteiger partial charge in [-0.15, -0.1) is 6.58 Å². The topological polar surface area (TPSA) is 50.4 Å². The minimum absolute atomic E-state index is 0.131. The Morgan fingerprint density at radius 2 is 2.27 bits per heavy atom. The molecular weight excluding hydrogens is 144 g/mol. The minimum atomic E-state index is -0.473. The lowest BCUT2D eigenvalue weighted by Crippen LogP contribution is -2.27. The van der Waals surface area contributed by atoms with Crippen molar-refractivity contribution in [2.24, 2.45) is 0 Å². The molecule has 0 aromatic carbocycles. The zero-order chi connectivity index (χ0) is 8.53. The molecule has 0 aliphatic carbocycles. The normalized spacial score (nSPS) is 8.00. The summed E-state index contributed by atoms with van der Waals surface area (Å²) >= 11 is 0. The lowest BCUT2D eigenvalue weighted by molar-refractivity contribution is 0.143. The second-order valence-corrected chi connectivity index (χ2v) is 1.65. The summed E-state index contributed by atoms with van der Waals surface area (Å²) in [5.41, 5.74) is 0. The summed E-state index contributed by atoms with van der Waals surface area (Å²) in [7, 11) is 0. The smallest absolute Gasteiger partial charge is 0.409 e. The van der Waals surface area contributed by atoms with Gasteiger partial charge in [0.15, 0.2) is 6.73 Å². The van der Waals surface area contributed by atoms with E-state index >= 15 is 0 Å². The highest BCUT2D eigenvalue weighted by Gasteiger charge is 1.95. The Morgan fingerprint density at radius 1 is 1.55 bits per heavy atom. The molecule has 0 bridgehead atoms. The van der Waals surface area contributed by atoms with E-state index in [1.807, 2.05) is 0 Å². The van der Waals surface area contributed by atoms with Crippen LogP contribution in [-0.2, 0) is 4.74 Å². The first-order chi connectivity index (χ1) is 5.31. The van der Waals surface area contributed by atoms with Gasteiger partial charge in [0.05, 0.1) is 0 Å². The molecule has 0 rings (SSSR count). The Hall–Kier alpha value is -1.45. The van der Waals surface area contributed by atoms with Gasteiger partial charge in [0, 0.05) is 6.54 Å². The average Bonchev–Trinajstić information content (AvgIpc) is 2.01. The van der Waals surface area contributed by atoms with E-state index in [9.17, 15) is 4.79 Å². The first kappa shape index (κ1) is 9.55. The van der Waals surface area contributed by atoms with Crippen LogP contribution in [0.3, 0.4) is 0 Å². The van der Waals surface area contributed by atoms with Crippen molar-refractivity contribution in [2.45, 2.75) is 0 Å². The number of carbonyl (C=O) groups is 1. The summed E-state index contributed by atoms with van der Waals surface area (Å²) < 4.78 is 4.60. The molecule has 2 N–H and O–H groups in total. The summed E-state index contributed by atoms with van der Waals surface area (Å²) in [5.74, 6) is 0. The highest BCUT2D eigenvalue weighted by molar-refractivity contribution is 5.67. The Balaban J connectivity index is 3.21. The molecule has 0 heterocycles. The zero-order valence-electron chi connectivity index (χ0n) is 6.30. The van der Waals surface area contributed by atoms with Crippen molar-refractivity contribution >= 4 is 6.09 Å². The van der Waals surface area contributed by atoms with Gasteiger partial charge in [-0.3, -0.25) is 0 Å². The number of hydrogen-bond acceptors (Lipinski definition) is 3. The molecule has 0 atom stereocenters.